The third kappa shape index (κ3) is 2.28. The molecule has 0 unspecified atom stereocenters. The van der Waals surface area contributed by atoms with Gasteiger partial charge < -0.3 is 9.64 Å². The first-order valence-electron chi connectivity index (χ1n) is 9.22. The topological polar surface area (TPSA) is 58.6 Å². The van der Waals surface area contributed by atoms with E-state index >= 15 is 0 Å². The Kier molecular flexibility index (Phi) is 4.07. The molecule has 1 fully saturated rings. The Labute approximate surface area is 159 Å². The fraction of sp³-hybridized carbons (Fsp3) is 0.364. The zero-order chi connectivity index (χ0) is 19.3. The predicted molar refractivity (Wildman–Crippen MR) is 103 cm³/mol. The van der Waals surface area contributed by atoms with Gasteiger partial charge in [-0.1, -0.05) is 49.4 Å². The molecule has 27 heavy (non-hydrogen) atoms. The van der Waals surface area contributed by atoms with Gasteiger partial charge in [0.05, 0.1) is 13.0 Å². The first kappa shape index (κ1) is 17.7. The normalized spacial score (nSPS) is 29.3. The second-order valence-corrected chi connectivity index (χ2v) is 7.51. The summed E-state index contributed by atoms with van der Waals surface area (Å²) < 4.78 is 5.15. The molecule has 140 valence electrons. The lowest BCUT2D eigenvalue weighted by Crippen LogP contribution is -2.50. The summed E-state index contributed by atoms with van der Waals surface area (Å²) >= 11 is 0. The lowest BCUT2D eigenvalue weighted by atomic mass is 9.76. The summed E-state index contributed by atoms with van der Waals surface area (Å²) in [5.74, 6) is -1.03. The van der Waals surface area contributed by atoms with Gasteiger partial charge in [0.25, 0.3) is 5.91 Å². The summed E-state index contributed by atoms with van der Waals surface area (Å²) in [6.07, 6.45) is 0. The number of hydrogen-bond acceptors (Lipinski definition) is 4. The molecule has 0 radical (unpaired) electrons. The molecule has 2 aliphatic heterocycles. The molecular formula is C22H24N2O3. The zero-order valence-electron chi connectivity index (χ0n) is 16.0. The molecule has 4 rings (SSSR count). The maximum atomic E-state index is 13.4. The molecule has 1 saturated heterocycles. The lowest BCUT2D eigenvalue weighted by Gasteiger charge is -2.29. The summed E-state index contributed by atoms with van der Waals surface area (Å²) in [5.41, 5.74) is 2.99. The highest BCUT2D eigenvalue weighted by atomic mass is 16.5. The largest absolute Gasteiger partial charge is 0.469 e. The molecule has 2 heterocycles. The highest BCUT2D eigenvalue weighted by Crippen LogP contribution is 2.54. The smallest absolute Gasteiger partial charge is 0.310 e. The van der Waals surface area contributed by atoms with E-state index in [9.17, 15) is 9.59 Å². The molecule has 2 aromatic rings. The number of hydrogen-bond donors (Lipinski definition) is 1. The summed E-state index contributed by atoms with van der Waals surface area (Å²) in [6, 6.07) is 15.5. The number of aryl methyl sites for hydroxylation is 1. The highest BCUT2D eigenvalue weighted by Gasteiger charge is 2.63. The second kappa shape index (κ2) is 6.20. The van der Waals surface area contributed by atoms with Crippen LogP contribution in [0.25, 0.3) is 0 Å². The molecule has 5 nitrogen and oxygen atoms in total. The number of amides is 1. The van der Waals surface area contributed by atoms with Gasteiger partial charge in [-0.25, -0.2) is 0 Å². The fourth-order valence-corrected chi connectivity index (χ4v) is 4.88. The second-order valence-electron chi connectivity index (χ2n) is 7.51. The number of fused-ring (bicyclic) bond motifs is 2. The summed E-state index contributed by atoms with van der Waals surface area (Å²) in [6.45, 7) is 4.00. The summed E-state index contributed by atoms with van der Waals surface area (Å²) in [4.78, 5) is 27.9. The molecule has 4 atom stereocenters. The minimum absolute atomic E-state index is 0.0267. The average Bonchev–Trinajstić information content (AvgIpc) is 3.10. The number of likely N-dealkylation sites (N-methyl/N-ethyl adjacent to an activating group) is 1. The third-order valence-electron chi connectivity index (χ3n) is 6.29. The number of methoxy groups -OCH3 is 1. The minimum Gasteiger partial charge on any atom is -0.469 e. The van der Waals surface area contributed by atoms with Crippen LogP contribution in [0.4, 0.5) is 5.69 Å². The molecule has 0 aliphatic carbocycles. The van der Waals surface area contributed by atoms with E-state index in [4.69, 9.17) is 4.74 Å². The van der Waals surface area contributed by atoms with Gasteiger partial charge in [0.2, 0.25) is 0 Å². The molecule has 2 aliphatic rings. The Bertz CT molecular complexity index is 925. The minimum atomic E-state index is -0.933. The van der Waals surface area contributed by atoms with Crippen LogP contribution < -0.4 is 10.2 Å². The van der Waals surface area contributed by atoms with Crippen molar-refractivity contribution in [2.45, 2.75) is 25.4 Å². The van der Waals surface area contributed by atoms with Gasteiger partial charge in [0.15, 0.2) is 0 Å². The molecule has 5 heteroatoms. The number of benzene rings is 2. The van der Waals surface area contributed by atoms with Crippen LogP contribution in [-0.4, -0.2) is 26.0 Å². The van der Waals surface area contributed by atoms with Crippen LogP contribution in [-0.2, 0) is 19.9 Å². The van der Waals surface area contributed by atoms with Gasteiger partial charge >= 0.3 is 5.97 Å². The van der Waals surface area contributed by atoms with Crippen LogP contribution in [0, 0.1) is 18.8 Å². The molecule has 0 saturated carbocycles. The number of rotatable bonds is 2. The van der Waals surface area contributed by atoms with E-state index in [-0.39, 0.29) is 23.8 Å². The standard InChI is InChI=1S/C22H24N2O3/c1-13-9-5-6-10-15(13)19-18(20(25)27-4)14(2)22(23-19)16-11-7-8-12-17(16)24(3)21(22)26/h5-12,14,18-19,23H,1-4H3/t14-,18-,19-,22-/m0/s1. The number of para-hydroxylation sites is 1. The maximum absolute atomic E-state index is 13.4. The number of esters is 1. The van der Waals surface area contributed by atoms with Crippen LogP contribution in [0.3, 0.4) is 0 Å². The van der Waals surface area contributed by atoms with Crippen molar-refractivity contribution >= 4 is 17.6 Å². The monoisotopic (exact) mass is 364 g/mol. The molecule has 0 aromatic heterocycles. The molecule has 1 spiro atoms. The van der Waals surface area contributed by atoms with E-state index in [2.05, 4.69) is 5.32 Å². The Balaban J connectivity index is 1.91. The van der Waals surface area contributed by atoms with Gasteiger partial charge in [0, 0.05) is 30.3 Å². The van der Waals surface area contributed by atoms with E-state index in [1.807, 2.05) is 62.4 Å². The third-order valence-corrected chi connectivity index (χ3v) is 6.29. The van der Waals surface area contributed by atoms with Crippen molar-refractivity contribution in [1.29, 1.82) is 0 Å². The molecule has 2 aromatic carbocycles. The van der Waals surface area contributed by atoms with Crippen LogP contribution in [0.5, 0.6) is 0 Å². The van der Waals surface area contributed by atoms with E-state index in [1.54, 1.807) is 11.9 Å². The first-order chi connectivity index (χ1) is 12.9. The first-order valence-corrected chi connectivity index (χ1v) is 9.22. The number of carbonyl (C=O) groups is 2. The predicted octanol–water partition coefficient (Wildman–Crippen LogP) is 2.94. The van der Waals surface area contributed by atoms with Crippen molar-refractivity contribution < 1.29 is 14.3 Å². The lowest BCUT2D eigenvalue weighted by molar-refractivity contribution is -0.147. The van der Waals surface area contributed by atoms with E-state index < -0.39 is 11.5 Å². The number of nitrogens with zero attached hydrogens (tertiary/aromatic N) is 1. The van der Waals surface area contributed by atoms with Gasteiger partial charge in [-0.3, -0.25) is 14.9 Å². The molecular weight excluding hydrogens is 340 g/mol. The average molecular weight is 364 g/mol. The van der Waals surface area contributed by atoms with Crippen LogP contribution in [0.1, 0.15) is 29.7 Å². The van der Waals surface area contributed by atoms with Crippen molar-refractivity contribution in [3.05, 3.63) is 65.2 Å². The number of ether oxygens (including phenoxy) is 1. The maximum Gasteiger partial charge on any atom is 0.310 e. The van der Waals surface area contributed by atoms with Gasteiger partial charge in [-0.15, -0.1) is 0 Å². The zero-order valence-corrected chi connectivity index (χ0v) is 16.0. The molecule has 1 amide bonds. The van der Waals surface area contributed by atoms with Crippen molar-refractivity contribution in [2.24, 2.45) is 11.8 Å². The Hall–Kier alpha value is -2.66. The van der Waals surface area contributed by atoms with Crippen molar-refractivity contribution in [2.75, 3.05) is 19.1 Å². The summed E-state index contributed by atoms with van der Waals surface area (Å²) in [7, 11) is 3.20. The van der Waals surface area contributed by atoms with E-state index in [0.717, 1.165) is 22.4 Å². The number of anilines is 1. The SMILES string of the molecule is COC(=O)[C@@H]1[C@H](c2ccccc2C)N[C@@]2(C(=O)N(C)c3ccccc32)[C@H]1C. The Morgan fingerprint density at radius 2 is 1.81 bits per heavy atom. The number of nitrogens with one attached hydrogen (secondary N) is 1. The quantitative estimate of drug-likeness (QED) is 0.833. The van der Waals surface area contributed by atoms with Crippen molar-refractivity contribution in [1.82, 2.24) is 5.32 Å². The Morgan fingerprint density at radius 1 is 1.15 bits per heavy atom. The fourth-order valence-electron chi connectivity index (χ4n) is 4.88. The van der Waals surface area contributed by atoms with Gasteiger partial charge in [-0.2, -0.15) is 0 Å². The van der Waals surface area contributed by atoms with Gasteiger partial charge in [0.1, 0.15) is 5.54 Å². The van der Waals surface area contributed by atoms with E-state index in [0.29, 0.717) is 0 Å². The summed E-state index contributed by atoms with van der Waals surface area (Å²) in [5, 5.41) is 3.58. The van der Waals surface area contributed by atoms with Crippen LogP contribution in [0.15, 0.2) is 48.5 Å². The van der Waals surface area contributed by atoms with Crippen molar-refractivity contribution in [3.8, 4) is 0 Å². The van der Waals surface area contributed by atoms with Crippen LogP contribution in [0.2, 0.25) is 0 Å². The Morgan fingerprint density at radius 3 is 2.52 bits per heavy atom. The van der Waals surface area contributed by atoms with Gasteiger partial charge in [-0.05, 0) is 24.1 Å². The highest BCUT2D eigenvalue weighted by molar-refractivity contribution is 6.08. The number of carbonyl (C=O) groups excluding carboxylic acids is 2. The van der Waals surface area contributed by atoms with Crippen LogP contribution >= 0.6 is 0 Å². The van der Waals surface area contributed by atoms with Crippen molar-refractivity contribution in [3.63, 3.8) is 0 Å². The molecule has 1 N–H and O–H groups in total. The van der Waals surface area contributed by atoms with E-state index in [1.165, 1.54) is 7.11 Å². The molecule has 0 bridgehead atoms.